The van der Waals surface area contributed by atoms with Gasteiger partial charge in [0.1, 0.15) is 6.04 Å². The van der Waals surface area contributed by atoms with Crippen LogP contribution in [0.3, 0.4) is 0 Å². The molecule has 3 N–H and O–H groups in total. The normalized spacial score (nSPS) is 15.5. The average Bonchev–Trinajstić information content (AvgIpc) is 2.42. The van der Waals surface area contributed by atoms with E-state index in [2.05, 4.69) is 10.6 Å². The van der Waals surface area contributed by atoms with Crippen molar-refractivity contribution < 1.29 is 19.5 Å². The number of carbonyl (C=O) groups is 3. The van der Waals surface area contributed by atoms with Gasteiger partial charge in [0.2, 0.25) is 5.91 Å². The maximum absolute atomic E-state index is 12.3. The lowest BCUT2D eigenvalue weighted by Gasteiger charge is -2.28. The van der Waals surface area contributed by atoms with E-state index >= 15 is 0 Å². The summed E-state index contributed by atoms with van der Waals surface area (Å²) in [5.74, 6) is -1.53. The van der Waals surface area contributed by atoms with Gasteiger partial charge in [-0.15, -0.1) is 0 Å². The van der Waals surface area contributed by atoms with Crippen molar-refractivity contribution in [1.82, 2.24) is 5.32 Å². The number of fused-ring (bicyclic) bond motifs is 1. The highest BCUT2D eigenvalue weighted by molar-refractivity contribution is 5.99. The van der Waals surface area contributed by atoms with E-state index < -0.39 is 23.3 Å². The third-order valence-corrected chi connectivity index (χ3v) is 3.65. The molecule has 1 aliphatic heterocycles. The minimum atomic E-state index is -1.06. The summed E-state index contributed by atoms with van der Waals surface area (Å²) in [6.07, 6.45) is 0.960. The monoisotopic (exact) mass is 304 g/mol. The number of carboxylic acid groups (broad SMARTS) is 1. The zero-order valence-electron chi connectivity index (χ0n) is 12.9. The minimum absolute atomic E-state index is 0.0385. The number of hydrogen-bond acceptors (Lipinski definition) is 3. The summed E-state index contributed by atoms with van der Waals surface area (Å²) in [7, 11) is 0. The van der Waals surface area contributed by atoms with Crippen LogP contribution in [0.5, 0.6) is 0 Å². The van der Waals surface area contributed by atoms with E-state index in [9.17, 15) is 19.5 Å². The topological polar surface area (TPSA) is 95.5 Å². The number of amides is 2. The Morgan fingerprint density at radius 3 is 2.55 bits per heavy atom. The Hall–Kier alpha value is -2.37. The number of nitrogens with one attached hydrogen (secondary N) is 2. The van der Waals surface area contributed by atoms with E-state index in [4.69, 9.17) is 0 Å². The van der Waals surface area contributed by atoms with Crippen molar-refractivity contribution in [1.29, 1.82) is 0 Å². The molecule has 6 nitrogen and oxygen atoms in total. The summed E-state index contributed by atoms with van der Waals surface area (Å²) in [6.45, 7) is 5.28. The van der Waals surface area contributed by atoms with Crippen LogP contribution in [0, 0.1) is 5.41 Å². The van der Waals surface area contributed by atoms with E-state index in [-0.39, 0.29) is 5.91 Å². The summed E-state index contributed by atoms with van der Waals surface area (Å²) in [4.78, 5) is 34.9. The highest BCUT2D eigenvalue weighted by Gasteiger charge is 2.33. The van der Waals surface area contributed by atoms with Gasteiger partial charge in [-0.05, 0) is 35.6 Å². The summed E-state index contributed by atoms with van der Waals surface area (Å²) in [6, 6.07) is 3.98. The molecule has 1 aliphatic rings. The molecule has 6 heteroatoms. The van der Waals surface area contributed by atoms with Crippen LogP contribution in [0.2, 0.25) is 0 Å². The Bertz CT molecular complexity index is 632. The van der Waals surface area contributed by atoms with Gasteiger partial charge in [0.05, 0.1) is 0 Å². The molecular formula is C16H20N2O4. The van der Waals surface area contributed by atoms with E-state index in [0.717, 1.165) is 5.56 Å². The van der Waals surface area contributed by atoms with Gasteiger partial charge in [-0.2, -0.15) is 0 Å². The molecule has 1 heterocycles. The lowest BCUT2D eigenvalue weighted by Crippen LogP contribution is -2.49. The van der Waals surface area contributed by atoms with Crippen molar-refractivity contribution in [2.75, 3.05) is 5.32 Å². The fourth-order valence-electron chi connectivity index (χ4n) is 2.39. The number of carboxylic acids is 1. The SMILES string of the molecule is CC(C)(C)C(NC(=O)c1ccc2c(c1)CCC(=O)N2)C(=O)O. The van der Waals surface area contributed by atoms with Crippen LogP contribution in [-0.2, 0) is 16.0 Å². The standard InChI is InChI=1S/C16H20N2O4/c1-16(2,3)13(15(21)22)18-14(20)10-4-6-11-9(8-10)5-7-12(19)17-11/h4,6,8,13H,5,7H2,1-3H3,(H,17,19)(H,18,20)(H,21,22). The number of hydrogen-bond donors (Lipinski definition) is 3. The van der Waals surface area contributed by atoms with Gasteiger partial charge in [-0.3, -0.25) is 9.59 Å². The summed E-state index contributed by atoms with van der Waals surface area (Å²) < 4.78 is 0. The average molecular weight is 304 g/mol. The molecule has 1 unspecified atom stereocenters. The highest BCUT2D eigenvalue weighted by atomic mass is 16.4. The Balaban J connectivity index is 2.20. The minimum Gasteiger partial charge on any atom is -0.480 e. The molecule has 1 aromatic carbocycles. The molecule has 0 saturated carbocycles. The second kappa shape index (κ2) is 5.79. The molecule has 0 spiro atoms. The zero-order valence-corrected chi connectivity index (χ0v) is 12.9. The summed E-state index contributed by atoms with van der Waals surface area (Å²) in [5, 5.41) is 14.6. The van der Waals surface area contributed by atoms with Gasteiger partial charge in [-0.1, -0.05) is 20.8 Å². The first kappa shape index (κ1) is 16.0. The number of aliphatic carboxylic acids is 1. The predicted octanol–water partition coefficient (Wildman–Crippen LogP) is 1.80. The van der Waals surface area contributed by atoms with Gasteiger partial charge in [-0.25, -0.2) is 4.79 Å². The molecule has 0 fully saturated rings. The van der Waals surface area contributed by atoms with Crippen molar-refractivity contribution in [3.8, 4) is 0 Å². The first-order valence-corrected chi connectivity index (χ1v) is 7.15. The van der Waals surface area contributed by atoms with Crippen LogP contribution in [-0.4, -0.2) is 28.9 Å². The van der Waals surface area contributed by atoms with Gasteiger partial charge in [0.25, 0.3) is 5.91 Å². The Kier molecular flexibility index (Phi) is 4.21. The molecule has 1 aromatic rings. The molecule has 1 atom stereocenters. The van der Waals surface area contributed by atoms with Crippen molar-refractivity contribution in [2.45, 2.75) is 39.7 Å². The first-order valence-electron chi connectivity index (χ1n) is 7.15. The van der Waals surface area contributed by atoms with Crippen molar-refractivity contribution in [3.63, 3.8) is 0 Å². The molecule has 22 heavy (non-hydrogen) atoms. The molecule has 118 valence electrons. The summed E-state index contributed by atoms with van der Waals surface area (Å²) >= 11 is 0. The fourth-order valence-corrected chi connectivity index (χ4v) is 2.39. The van der Waals surface area contributed by atoms with E-state index in [1.165, 1.54) is 0 Å². The lowest BCUT2D eigenvalue weighted by atomic mass is 9.86. The van der Waals surface area contributed by atoms with Crippen LogP contribution in [0.25, 0.3) is 0 Å². The number of carbonyl (C=O) groups excluding carboxylic acids is 2. The van der Waals surface area contributed by atoms with Gasteiger partial charge < -0.3 is 15.7 Å². The largest absolute Gasteiger partial charge is 0.480 e. The third kappa shape index (κ3) is 3.44. The second-order valence-corrected chi connectivity index (χ2v) is 6.53. The second-order valence-electron chi connectivity index (χ2n) is 6.53. The van der Waals surface area contributed by atoms with E-state index in [1.807, 2.05) is 0 Å². The predicted molar refractivity (Wildman–Crippen MR) is 81.7 cm³/mol. The first-order chi connectivity index (χ1) is 10.2. The number of anilines is 1. The van der Waals surface area contributed by atoms with Gasteiger partial charge in [0, 0.05) is 17.7 Å². The van der Waals surface area contributed by atoms with Crippen LogP contribution in [0.4, 0.5) is 5.69 Å². The Morgan fingerprint density at radius 1 is 1.27 bits per heavy atom. The number of benzene rings is 1. The molecular weight excluding hydrogens is 284 g/mol. The smallest absolute Gasteiger partial charge is 0.326 e. The third-order valence-electron chi connectivity index (χ3n) is 3.65. The van der Waals surface area contributed by atoms with Crippen LogP contribution in [0.1, 0.15) is 43.1 Å². The van der Waals surface area contributed by atoms with E-state index in [1.54, 1.807) is 39.0 Å². The van der Waals surface area contributed by atoms with Gasteiger partial charge >= 0.3 is 5.97 Å². The maximum Gasteiger partial charge on any atom is 0.326 e. The van der Waals surface area contributed by atoms with Crippen molar-refractivity contribution in [2.24, 2.45) is 5.41 Å². The number of aryl methyl sites for hydroxylation is 1. The number of rotatable bonds is 3. The van der Waals surface area contributed by atoms with Crippen molar-refractivity contribution >= 4 is 23.5 Å². The molecule has 0 aliphatic carbocycles. The van der Waals surface area contributed by atoms with E-state index in [0.29, 0.717) is 24.1 Å². The Labute approximate surface area is 128 Å². The molecule has 0 saturated heterocycles. The Morgan fingerprint density at radius 2 is 1.95 bits per heavy atom. The maximum atomic E-state index is 12.3. The zero-order chi connectivity index (χ0) is 16.5. The summed E-state index contributed by atoms with van der Waals surface area (Å²) in [5.41, 5.74) is 1.39. The highest BCUT2D eigenvalue weighted by Crippen LogP contribution is 2.24. The quantitative estimate of drug-likeness (QED) is 0.793. The molecule has 0 bridgehead atoms. The van der Waals surface area contributed by atoms with Gasteiger partial charge in [0.15, 0.2) is 0 Å². The lowest BCUT2D eigenvalue weighted by molar-refractivity contribution is -0.142. The van der Waals surface area contributed by atoms with Crippen molar-refractivity contribution in [3.05, 3.63) is 29.3 Å². The van der Waals surface area contributed by atoms with Crippen LogP contribution in [0.15, 0.2) is 18.2 Å². The molecule has 0 aromatic heterocycles. The molecule has 2 rings (SSSR count). The molecule has 0 radical (unpaired) electrons. The fraction of sp³-hybridized carbons (Fsp3) is 0.438. The molecule has 2 amide bonds. The van der Waals surface area contributed by atoms with Crippen LogP contribution >= 0.6 is 0 Å². The van der Waals surface area contributed by atoms with Crippen LogP contribution < -0.4 is 10.6 Å².